The number of ether oxygens (including phenoxy) is 1. The van der Waals surface area contributed by atoms with Crippen molar-refractivity contribution in [3.8, 4) is 0 Å². The molecule has 0 aliphatic heterocycles. The van der Waals surface area contributed by atoms with Crippen molar-refractivity contribution in [3.63, 3.8) is 0 Å². The molecule has 0 saturated heterocycles. The number of carbonyl (C=O) groups excluding carboxylic acids is 1. The maximum Gasteiger partial charge on any atom is 0.302 e. The summed E-state index contributed by atoms with van der Waals surface area (Å²) in [4.78, 5) is 10.6. The molecule has 64 valence electrons. The van der Waals surface area contributed by atoms with Crippen LogP contribution in [-0.2, 0) is 9.53 Å². The third-order valence-electron chi connectivity index (χ3n) is 1.94. The molecule has 0 spiro atoms. The van der Waals surface area contributed by atoms with E-state index >= 15 is 0 Å². The van der Waals surface area contributed by atoms with Crippen molar-refractivity contribution < 1.29 is 9.53 Å². The van der Waals surface area contributed by atoms with Gasteiger partial charge >= 0.3 is 5.97 Å². The number of rotatable bonds is 1. The van der Waals surface area contributed by atoms with Gasteiger partial charge in [0, 0.05) is 6.92 Å². The number of alkyl halides is 1. The van der Waals surface area contributed by atoms with Crippen LogP contribution in [-0.4, -0.2) is 17.5 Å². The number of halogens is 1. The van der Waals surface area contributed by atoms with Crippen molar-refractivity contribution in [1.82, 2.24) is 0 Å². The molecule has 1 aliphatic carbocycles. The van der Waals surface area contributed by atoms with E-state index in [9.17, 15) is 4.79 Å². The zero-order chi connectivity index (χ0) is 8.27. The van der Waals surface area contributed by atoms with Gasteiger partial charge in [-0.25, -0.2) is 0 Å². The van der Waals surface area contributed by atoms with E-state index in [2.05, 4.69) is 0 Å². The fraction of sp³-hybridized carbons (Fsp3) is 0.875. The van der Waals surface area contributed by atoms with E-state index in [1.165, 1.54) is 6.92 Å². The smallest absolute Gasteiger partial charge is 0.302 e. The molecule has 1 aliphatic rings. The molecule has 2 atom stereocenters. The molecule has 1 fully saturated rings. The van der Waals surface area contributed by atoms with Crippen LogP contribution in [0.2, 0.25) is 0 Å². The van der Waals surface area contributed by atoms with E-state index in [4.69, 9.17) is 16.3 Å². The van der Waals surface area contributed by atoms with Gasteiger partial charge in [0.05, 0.1) is 5.38 Å². The van der Waals surface area contributed by atoms with E-state index in [-0.39, 0.29) is 17.5 Å². The topological polar surface area (TPSA) is 26.3 Å². The first-order valence-corrected chi connectivity index (χ1v) is 4.45. The summed E-state index contributed by atoms with van der Waals surface area (Å²) in [6.45, 7) is 1.43. The lowest BCUT2D eigenvalue weighted by molar-refractivity contribution is -0.147. The van der Waals surface area contributed by atoms with Gasteiger partial charge in [0.2, 0.25) is 0 Å². The minimum absolute atomic E-state index is 0.0349. The van der Waals surface area contributed by atoms with E-state index < -0.39 is 0 Å². The first-order chi connectivity index (χ1) is 5.20. The largest absolute Gasteiger partial charge is 0.461 e. The molecule has 0 aromatic rings. The monoisotopic (exact) mass is 176 g/mol. The zero-order valence-electron chi connectivity index (χ0n) is 6.68. The van der Waals surface area contributed by atoms with E-state index in [1.807, 2.05) is 0 Å². The second-order valence-electron chi connectivity index (χ2n) is 2.95. The number of esters is 1. The quantitative estimate of drug-likeness (QED) is 0.452. The molecule has 0 aromatic carbocycles. The molecule has 3 heteroatoms. The summed E-state index contributed by atoms with van der Waals surface area (Å²) in [5, 5.41) is 0.0349. The highest BCUT2D eigenvalue weighted by atomic mass is 35.5. The highest BCUT2D eigenvalue weighted by molar-refractivity contribution is 6.21. The Labute approximate surface area is 71.9 Å². The molecule has 0 unspecified atom stereocenters. The summed E-state index contributed by atoms with van der Waals surface area (Å²) in [5.41, 5.74) is 0. The molecular weight excluding hydrogens is 164 g/mol. The number of hydrogen-bond donors (Lipinski definition) is 0. The minimum Gasteiger partial charge on any atom is -0.461 e. The van der Waals surface area contributed by atoms with Crippen LogP contribution in [0, 0.1) is 0 Å². The Balaban J connectivity index is 2.35. The van der Waals surface area contributed by atoms with E-state index in [0.29, 0.717) is 0 Å². The highest BCUT2D eigenvalue weighted by Gasteiger charge is 2.25. The van der Waals surface area contributed by atoms with Crippen molar-refractivity contribution in [3.05, 3.63) is 0 Å². The fourth-order valence-electron chi connectivity index (χ4n) is 1.40. The normalized spacial score (nSPS) is 31.5. The average molecular weight is 177 g/mol. The third kappa shape index (κ3) is 2.70. The zero-order valence-corrected chi connectivity index (χ0v) is 7.43. The van der Waals surface area contributed by atoms with Crippen molar-refractivity contribution in [2.75, 3.05) is 0 Å². The molecule has 11 heavy (non-hydrogen) atoms. The van der Waals surface area contributed by atoms with Gasteiger partial charge in [0.25, 0.3) is 0 Å². The second-order valence-corrected chi connectivity index (χ2v) is 3.51. The predicted octanol–water partition coefficient (Wildman–Crippen LogP) is 2.10. The van der Waals surface area contributed by atoms with Crippen LogP contribution < -0.4 is 0 Å². The van der Waals surface area contributed by atoms with Crippen molar-refractivity contribution in [1.29, 1.82) is 0 Å². The molecule has 1 rings (SSSR count). The van der Waals surface area contributed by atoms with Gasteiger partial charge < -0.3 is 4.74 Å². The van der Waals surface area contributed by atoms with Gasteiger partial charge in [0.1, 0.15) is 6.10 Å². The van der Waals surface area contributed by atoms with Crippen LogP contribution in [0.5, 0.6) is 0 Å². The van der Waals surface area contributed by atoms with Crippen LogP contribution >= 0.6 is 11.6 Å². The van der Waals surface area contributed by atoms with Crippen molar-refractivity contribution in [2.24, 2.45) is 0 Å². The summed E-state index contributed by atoms with van der Waals surface area (Å²) < 4.78 is 5.03. The standard InChI is InChI=1S/C8H13ClO2/c1-6(10)11-8-5-3-2-4-7(8)9/h7-8H,2-5H2,1H3/t7-,8-/m0/s1. The maximum absolute atomic E-state index is 10.6. The second kappa shape index (κ2) is 3.96. The van der Waals surface area contributed by atoms with E-state index in [0.717, 1.165) is 25.7 Å². The summed E-state index contributed by atoms with van der Waals surface area (Å²) in [7, 11) is 0. The van der Waals surface area contributed by atoms with Crippen LogP contribution in [0.15, 0.2) is 0 Å². The predicted molar refractivity (Wildman–Crippen MR) is 43.7 cm³/mol. The highest BCUT2D eigenvalue weighted by Crippen LogP contribution is 2.25. The van der Waals surface area contributed by atoms with E-state index in [1.54, 1.807) is 0 Å². The van der Waals surface area contributed by atoms with Gasteiger partial charge in [-0.3, -0.25) is 4.79 Å². The minimum atomic E-state index is -0.220. The summed E-state index contributed by atoms with van der Waals surface area (Å²) in [6.07, 6.45) is 4.14. The van der Waals surface area contributed by atoms with Gasteiger partial charge in [-0.15, -0.1) is 11.6 Å². The maximum atomic E-state index is 10.6. The van der Waals surface area contributed by atoms with Crippen molar-refractivity contribution in [2.45, 2.75) is 44.1 Å². The van der Waals surface area contributed by atoms with Crippen LogP contribution in [0.4, 0.5) is 0 Å². The summed E-state index contributed by atoms with van der Waals surface area (Å²) in [5.74, 6) is -0.220. The first kappa shape index (κ1) is 8.85. The van der Waals surface area contributed by atoms with Gasteiger partial charge in [0.15, 0.2) is 0 Å². The molecular formula is C8H13ClO2. The molecule has 0 amide bonds. The molecule has 0 radical (unpaired) electrons. The Hall–Kier alpha value is -0.240. The lowest BCUT2D eigenvalue weighted by Gasteiger charge is -2.26. The number of hydrogen-bond acceptors (Lipinski definition) is 2. The van der Waals surface area contributed by atoms with Gasteiger partial charge in [-0.05, 0) is 19.3 Å². The Morgan fingerprint density at radius 2 is 2.09 bits per heavy atom. The first-order valence-electron chi connectivity index (χ1n) is 4.01. The van der Waals surface area contributed by atoms with Gasteiger partial charge in [-0.2, -0.15) is 0 Å². The third-order valence-corrected chi connectivity index (χ3v) is 2.44. The van der Waals surface area contributed by atoms with Crippen LogP contribution in [0.25, 0.3) is 0 Å². The van der Waals surface area contributed by atoms with Crippen LogP contribution in [0.1, 0.15) is 32.6 Å². The SMILES string of the molecule is CC(=O)O[C@H]1CCCC[C@@H]1Cl. The number of carbonyl (C=O) groups is 1. The lowest BCUT2D eigenvalue weighted by Crippen LogP contribution is -2.29. The lowest BCUT2D eigenvalue weighted by atomic mass is 9.97. The molecule has 0 aromatic heterocycles. The molecule has 0 bridgehead atoms. The average Bonchev–Trinajstić information content (AvgIpc) is 1.93. The molecule has 1 saturated carbocycles. The summed E-state index contributed by atoms with van der Waals surface area (Å²) >= 11 is 5.95. The Kier molecular flexibility index (Phi) is 3.18. The Bertz CT molecular complexity index is 147. The molecule has 0 heterocycles. The van der Waals surface area contributed by atoms with Gasteiger partial charge in [-0.1, -0.05) is 6.42 Å². The van der Waals surface area contributed by atoms with Crippen molar-refractivity contribution >= 4 is 17.6 Å². The fourth-order valence-corrected chi connectivity index (χ4v) is 1.73. The summed E-state index contributed by atoms with van der Waals surface area (Å²) in [6, 6.07) is 0. The Morgan fingerprint density at radius 3 is 2.64 bits per heavy atom. The Morgan fingerprint density at radius 1 is 1.45 bits per heavy atom. The molecule has 2 nitrogen and oxygen atoms in total. The van der Waals surface area contributed by atoms with Crippen LogP contribution in [0.3, 0.4) is 0 Å². The molecule has 0 N–H and O–H groups in total.